The average molecular weight is 316 g/mol. The van der Waals surface area contributed by atoms with E-state index < -0.39 is 0 Å². The van der Waals surface area contributed by atoms with E-state index in [4.69, 9.17) is 12.2 Å². The van der Waals surface area contributed by atoms with Crippen LogP contribution in [0.4, 0.5) is 4.39 Å². The lowest BCUT2D eigenvalue weighted by atomic mass is 10.1. The fourth-order valence-electron chi connectivity index (χ4n) is 2.07. The number of carbonyl (C=O) groups is 1. The molecule has 22 heavy (non-hydrogen) atoms. The van der Waals surface area contributed by atoms with Crippen molar-refractivity contribution in [1.82, 2.24) is 10.6 Å². The first-order valence-electron chi connectivity index (χ1n) is 6.90. The molecule has 0 fully saturated rings. The third kappa shape index (κ3) is 4.11. The van der Waals surface area contributed by atoms with Gasteiger partial charge in [-0.25, -0.2) is 4.39 Å². The highest BCUT2D eigenvalue weighted by Crippen LogP contribution is 2.18. The minimum Gasteiger partial charge on any atom is -0.356 e. The van der Waals surface area contributed by atoms with Gasteiger partial charge in [0.2, 0.25) is 0 Å². The minimum atomic E-state index is -0.344. The zero-order valence-electron chi connectivity index (χ0n) is 12.4. The Kier molecular flexibility index (Phi) is 5.22. The maximum Gasteiger partial charge on any atom is 0.257 e. The molecule has 0 aromatic heterocycles. The van der Waals surface area contributed by atoms with Crippen LogP contribution >= 0.6 is 12.2 Å². The average Bonchev–Trinajstić information content (AvgIpc) is 2.50. The molecule has 2 rings (SSSR count). The predicted octanol–water partition coefficient (Wildman–Crippen LogP) is 3.50. The van der Waals surface area contributed by atoms with E-state index in [0.717, 1.165) is 5.56 Å². The van der Waals surface area contributed by atoms with Crippen molar-refractivity contribution < 1.29 is 9.18 Å². The molecule has 0 aliphatic heterocycles. The van der Waals surface area contributed by atoms with Crippen molar-refractivity contribution in [3.05, 3.63) is 71.0 Å². The zero-order chi connectivity index (χ0) is 16.1. The Labute approximate surface area is 134 Å². The molecule has 0 heterocycles. The number of hydrogen-bond donors (Lipinski definition) is 2. The predicted molar refractivity (Wildman–Crippen MR) is 89.2 cm³/mol. The first-order chi connectivity index (χ1) is 10.5. The number of benzene rings is 2. The molecule has 0 aliphatic carbocycles. The van der Waals surface area contributed by atoms with Crippen LogP contribution in [0.2, 0.25) is 0 Å². The maximum atomic E-state index is 13.8. The molecule has 0 spiro atoms. The second-order valence-corrected chi connectivity index (χ2v) is 5.45. The van der Waals surface area contributed by atoms with Crippen LogP contribution in [0.15, 0.2) is 48.5 Å². The molecule has 2 aromatic rings. The van der Waals surface area contributed by atoms with Gasteiger partial charge in [0.05, 0.1) is 6.04 Å². The Morgan fingerprint density at radius 1 is 1.18 bits per heavy atom. The lowest BCUT2D eigenvalue weighted by Crippen LogP contribution is -2.40. The summed E-state index contributed by atoms with van der Waals surface area (Å²) in [6.45, 7) is 3.68. The van der Waals surface area contributed by atoms with Gasteiger partial charge in [0, 0.05) is 11.1 Å². The number of nitrogens with one attached hydrogen (secondary N) is 2. The number of halogens is 1. The van der Waals surface area contributed by atoms with Gasteiger partial charge in [0.1, 0.15) is 5.82 Å². The topological polar surface area (TPSA) is 41.1 Å². The van der Waals surface area contributed by atoms with Gasteiger partial charge in [-0.3, -0.25) is 10.1 Å². The number of thiocarbonyl (C=S) groups is 1. The van der Waals surface area contributed by atoms with E-state index in [1.54, 1.807) is 43.3 Å². The summed E-state index contributed by atoms with van der Waals surface area (Å²) in [4.78, 5) is 12.0. The van der Waals surface area contributed by atoms with Gasteiger partial charge in [0.25, 0.3) is 5.91 Å². The van der Waals surface area contributed by atoms with Crippen LogP contribution in [-0.2, 0) is 0 Å². The van der Waals surface area contributed by atoms with Crippen LogP contribution in [0.25, 0.3) is 0 Å². The van der Waals surface area contributed by atoms with Crippen molar-refractivity contribution in [1.29, 1.82) is 0 Å². The number of amides is 1. The minimum absolute atomic E-state index is 0.169. The van der Waals surface area contributed by atoms with Crippen molar-refractivity contribution in [3.8, 4) is 0 Å². The lowest BCUT2D eigenvalue weighted by Gasteiger charge is -2.18. The van der Waals surface area contributed by atoms with Gasteiger partial charge in [-0.1, -0.05) is 35.9 Å². The molecule has 114 valence electrons. The smallest absolute Gasteiger partial charge is 0.257 e. The normalized spacial score (nSPS) is 11.6. The molecule has 0 saturated carbocycles. The molecule has 1 amide bonds. The molecule has 1 atom stereocenters. The van der Waals surface area contributed by atoms with Crippen LogP contribution in [-0.4, -0.2) is 11.0 Å². The summed E-state index contributed by atoms with van der Waals surface area (Å²) < 4.78 is 13.8. The summed E-state index contributed by atoms with van der Waals surface area (Å²) in [5.41, 5.74) is 1.99. The Morgan fingerprint density at radius 2 is 1.86 bits per heavy atom. The Morgan fingerprint density at radius 3 is 2.55 bits per heavy atom. The van der Waals surface area contributed by atoms with Gasteiger partial charge >= 0.3 is 0 Å². The van der Waals surface area contributed by atoms with Crippen LogP contribution in [0.3, 0.4) is 0 Å². The van der Waals surface area contributed by atoms with E-state index in [1.807, 2.05) is 13.0 Å². The standard InChI is InChI=1S/C17H17FN2OS/c1-11-8-9-15(18)14(10-11)12(2)19-17(22)20-16(21)13-6-4-3-5-7-13/h3-10,12H,1-2H3,(H2,19,20,21,22). The highest BCUT2D eigenvalue weighted by molar-refractivity contribution is 7.80. The van der Waals surface area contributed by atoms with Crippen molar-refractivity contribution in [2.24, 2.45) is 0 Å². The third-order valence-electron chi connectivity index (χ3n) is 3.23. The molecule has 3 nitrogen and oxygen atoms in total. The number of hydrogen-bond acceptors (Lipinski definition) is 2. The van der Waals surface area contributed by atoms with Crippen LogP contribution in [0.1, 0.15) is 34.5 Å². The van der Waals surface area contributed by atoms with Crippen molar-refractivity contribution in [2.75, 3.05) is 0 Å². The number of carbonyl (C=O) groups excluding carboxylic acids is 1. The van der Waals surface area contributed by atoms with E-state index in [1.165, 1.54) is 6.07 Å². The van der Waals surface area contributed by atoms with Gasteiger partial charge in [-0.15, -0.1) is 0 Å². The lowest BCUT2D eigenvalue weighted by molar-refractivity contribution is 0.0976. The quantitative estimate of drug-likeness (QED) is 0.852. The highest BCUT2D eigenvalue weighted by Gasteiger charge is 2.14. The van der Waals surface area contributed by atoms with Crippen molar-refractivity contribution in [3.63, 3.8) is 0 Å². The van der Waals surface area contributed by atoms with E-state index in [0.29, 0.717) is 11.1 Å². The molecule has 5 heteroatoms. The van der Waals surface area contributed by atoms with E-state index >= 15 is 0 Å². The van der Waals surface area contributed by atoms with Gasteiger partial charge in [-0.05, 0) is 44.3 Å². The summed E-state index contributed by atoms with van der Waals surface area (Å²) in [6.07, 6.45) is 0. The van der Waals surface area contributed by atoms with Gasteiger partial charge < -0.3 is 5.32 Å². The fraction of sp³-hybridized carbons (Fsp3) is 0.176. The van der Waals surface area contributed by atoms with E-state index in [2.05, 4.69) is 10.6 Å². The Hall–Kier alpha value is -2.27. The van der Waals surface area contributed by atoms with E-state index in [9.17, 15) is 9.18 Å². The molecule has 2 aromatic carbocycles. The summed E-state index contributed by atoms with van der Waals surface area (Å²) in [5.74, 6) is -0.599. The Balaban J connectivity index is 2.00. The van der Waals surface area contributed by atoms with E-state index in [-0.39, 0.29) is 22.9 Å². The van der Waals surface area contributed by atoms with Crippen molar-refractivity contribution >= 4 is 23.2 Å². The maximum absolute atomic E-state index is 13.8. The first kappa shape index (κ1) is 16.1. The zero-order valence-corrected chi connectivity index (χ0v) is 13.2. The largest absolute Gasteiger partial charge is 0.356 e. The van der Waals surface area contributed by atoms with Crippen LogP contribution in [0, 0.1) is 12.7 Å². The number of rotatable bonds is 3. The molecule has 2 N–H and O–H groups in total. The van der Waals surface area contributed by atoms with Crippen LogP contribution < -0.4 is 10.6 Å². The Bertz CT molecular complexity index is 688. The molecule has 0 aliphatic rings. The molecule has 0 saturated heterocycles. The molecule has 0 bridgehead atoms. The fourth-order valence-corrected chi connectivity index (χ4v) is 2.34. The van der Waals surface area contributed by atoms with Gasteiger partial charge in [0.15, 0.2) is 5.11 Å². The summed E-state index contributed by atoms with van der Waals surface area (Å²) in [7, 11) is 0. The second kappa shape index (κ2) is 7.13. The molecule has 1 unspecified atom stereocenters. The first-order valence-corrected chi connectivity index (χ1v) is 7.31. The van der Waals surface area contributed by atoms with Crippen molar-refractivity contribution in [2.45, 2.75) is 19.9 Å². The van der Waals surface area contributed by atoms with Crippen LogP contribution in [0.5, 0.6) is 0 Å². The second-order valence-electron chi connectivity index (χ2n) is 5.04. The summed E-state index contributed by atoms with van der Waals surface area (Å²) in [6, 6.07) is 13.3. The van der Waals surface area contributed by atoms with Gasteiger partial charge in [-0.2, -0.15) is 0 Å². The molecular formula is C17H17FN2OS. The molecule has 0 radical (unpaired) electrons. The number of aryl methyl sites for hydroxylation is 1. The summed E-state index contributed by atoms with van der Waals surface area (Å²) in [5, 5.41) is 5.68. The molecular weight excluding hydrogens is 299 g/mol. The SMILES string of the molecule is Cc1ccc(F)c(C(C)NC(=S)NC(=O)c2ccccc2)c1. The third-order valence-corrected chi connectivity index (χ3v) is 3.45. The monoisotopic (exact) mass is 316 g/mol. The summed E-state index contributed by atoms with van der Waals surface area (Å²) >= 11 is 5.12. The highest BCUT2D eigenvalue weighted by atomic mass is 32.1.